The number of halogens is 1. The molecule has 0 unspecified atom stereocenters. The van der Waals surface area contributed by atoms with Gasteiger partial charge in [-0.3, -0.25) is 0 Å². The fourth-order valence-electron chi connectivity index (χ4n) is 1.45. The van der Waals surface area contributed by atoms with Gasteiger partial charge in [0.25, 0.3) is 0 Å². The zero-order valence-corrected chi connectivity index (χ0v) is 11.2. The molecule has 0 aliphatic heterocycles. The van der Waals surface area contributed by atoms with E-state index in [9.17, 15) is 4.39 Å². The Hall–Kier alpha value is -1.76. The molecule has 0 fully saturated rings. The minimum absolute atomic E-state index is 0.00882. The lowest BCUT2D eigenvalue weighted by Crippen LogP contribution is -2.16. The molecule has 0 aliphatic carbocycles. The molecule has 0 amide bonds. The summed E-state index contributed by atoms with van der Waals surface area (Å²) in [6.07, 6.45) is 2.91. The fourth-order valence-corrected chi connectivity index (χ4v) is 2.09. The molecule has 0 spiro atoms. The van der Waals surface area contributed by atoms with E-state index in [2.05, 4.69) is 20.3 Å². The van der Waals surface area contributed by atoms with Gasteiger partial charge >= 0.3 is 0 Å². The van der Waals surface area contributed by atoms with Gasteiger partial charge in [-0.15, -0.1) is 11.3 Å². The van der Waals surface area contributed by atoms with Crippen LogP contribution in [0.3, 0.4) is 0 Å². The molecule has 0 bridgehead atoms. The second-order valence-electron chi connectivity index (χ2n) is 4.00. The van der Waals surface area contributed by atoms with Gasteiger partial charge in [0, 0.05) is 25.7 Å². The summed E-state index contributed by atoms with van der Waals surface area (Å²) in [4.78, 5) is 13.9. The molecular weight excluding hydrogens is 253 g/mol. The Balaban J connectivity index is 2.17. The Morgan fingerprint density at radius 3 is 2.78 bits per heavy atom. The SMILES string of the molecule is C[C@@H](Nc1ncc(F)c(N(C)C)n1)c1nccs1. The zero-order chi connectivity index (χ0) is 13.1. The molecular formula is C11H14FN5S. The van der Waals surface area contributed by atoms with E-state index in [1.807, 2.05) is 12.3 Å². The molecule has 2 aromatic heterocycles. The van der Waals surface area contributed by atoms with Gasteiger partial charge in [0.2, 0.25) is 5.95 Å². The average molecular weight is 267 g/mol. The number of nitrogens with zero attached hydrogens (tertiary/aromatic N) is 4. The van der Waals surface area contributed by atoms with Crippen molar-refractivity contribution < 1.29 is 4.39 Å². The zero-order valence-electron chi connectivity index (χ0n) is 10.4. The number of aromatic nitrogens is 3. The molecule has 18 heavy (non-hydrogen) atoms. The summed E-state index contributed by atoms with van der Waals surface area (Å²) in [5.74, 6) is 0.217. The summed E-state index contributed by atoms with van der Waals surface area (Å²) in [5.41, 5.74) is 0. The third kappa shape index (κ3) is 2.73. The van der Waals surface area contributed by atoms with Gasteiger partial charge in [-0.2, -0.15) is 4.98 Å². The van der Waals surface area contributed by atoms with E-state index in [0.717, 1.165) is 5.01 Å². The van der Waals surface area contributed by atoms with E-state index in [0.29, 0.717) is 5.95 Å². The van der Waals surface area contributed by atoms with Crippen molar-refractivity contribution in [3.63, 3.8) is 0 Å². The highest BCUT2D eigenvalue weighted by Gasteiger charge is 2.12. The lowest BCUT2D eigenvalue weighted by molar-refractivity contribution is 0.611. The van der Waals surface area contributed by atoms with Crippen LogP contribution >= 0.6 is 11.3 Å². The lowest BCUT2D eigenvalue weighted by atomic mass is 10.3. The van der Waals surface area contributed by atoms with Gasteiger partial charge in [0.15, 0.2) is 11.6 Å². The summed E-state index contributed by atoms with van der Waals surface area (Å²) in [7, 11) is 3.47. The van der Waals surface area contributed by atoms with Crippen LogP contribution in [-0.2, 0) is 0 Å². The van der Waals surface area contributed by atoms with Gasteiger partial charge < -0.3 is 10.2 Å². The molecule has 96 valence electrons. The number of anilines is 2. The second-order valence-corrected chi connectivity index (χ2v) is 4.92. The Morgan fingerprint density at radius 2 is 2.17 bits per heavy atom. The van der Waals surface area contributed by atoms with Crippen LogP contribution in [0.25, 0.3) is 0 Å². The number of thiazole rings is 1. The molecule has 5 nitrogen and oxygen atoms in total. The summed E-state index contributed by atoms with van der Waals surface area (Å²) < 4.78 is 13.4. The molecule has 1 atom stereocenters. The Morgan fingerprint density at radius 1 is 1.39 bits per heavy atom. The maximum absolute atomic E-state index is 13.4. The van der Waals surface area contributed by atoms with E-state index in [1.165, 1.54) is 6.20 Å². The van der Waals surface area contributed by atoms with Gasteiger partial charge in [0.05, 0.1) is 12.2 Å². The molecule has 2 rings (SSSR count). The van der Waals surface area contributed by atoms with E-state index in [1.54, 1.807) is 36.5 Å². The van der Waals surface area contributed by atoms with Crippen molar-refractivity contribution in [1.29, 1.82) is 0 Å². The Labute approximate surface area is 109 Å². The molecule has 2 heterocycles. The van der Waals surface area contributed by atoms with E-state index < -0.39 is 5.82 Å². The Kier molecular flexibility index (Phi) is 3.71. The van der Waals surface area contributed by atoms with Crippen molar-refractivity contribution in [2.45, 2.75) is 13.0 Å². The normalized spacial score (nSPS) is 12.2. The third-order valence-corrected chi connectivity index (χ3v) is 3.27. The van der Waals surface area contributed by atoms with Crippen LogP contribution in [-0.4, -0.2) is 29.0 Å². The number of hydrogen-bond acceptors (Lipinski definition) is 6. The van der Waals surface area contributed by atoms with Crippen LogP contribution in [0.1, 0.15) is 18.0 Å². The predicted octanol–water partition coefficient (Wildman–Crippen LogP) is 2.31. The molecule has 2 aromatic rings. The maximum Gasteiger partial charge on any atom is 0.225 e. The number of rotatable bonds is 4. The highest BCUT2D eigenvalue weighted by Crippen LogP contribution is 2.20. The van der Waals surface area contributed by atoms with E-state index in [4.69, 9.17) is 0 Å². The molecule has 0 radical (unpaired) electrons. The minimum Gasteiger partial charge on any atom is -0.360 e. The fraction of sp³-hybridized carbons (Fsp3) is 0.364. The molecule has 7 heteroatoms. The first-order chi connectivity index (χ1) is 8.58. The topological polar surface area (TPSA) is 53.9 Å². The molecule has 0 aromatic carbocycles. The molecule has 0 aliphatic rings. The van der Waals surface area contributed by atoms with Crippen molar-refractivity contribution in [2.75, 3.05) is 24.3 Å². The minimum atomic E-state index is -0.438. The van der Waals surface area contributed by atoms with Crippen molar-refractivity contribution in [3.8, 4) is 0 Å². The molecule has 1 N–H and O–H groups in total. The van der Waals surface area contributed by atoms with Crippen LogP contribution < -0.4 is 10.2 Å². The Bertz CT molecular complexity index is 514. The van der Waals surface area contributed by atoms with Crippen molar-refractivity contribution in [2.24, 2.45) is 0 Å². The predicted molar refractivity (Wildman–Crippen MR) is 70.5 cm³/mol. The maximum atomic E-state index is 13.4. The summed E-state index contributed by atoms with van der Waals surface area (Å²) >= 11 is 1.55. The van der Waals surface area contributed by atoms with Crippen LogP contribution in [0.15, 0.2) is 17.8 Å². The summed E-state index contributed by atoms with van der Waals surface area (Å²) in [6.45, 7) is 1.96. The van der Waals surface area contributed by atoms with Crippen molar-refractivity contribution in [1.82, 2.24) is 15.0 Å². The first-order valence-electron chi connectivity index (χ1n) is 5.43. The number of nitrogens with one attached hydrogen (secondary N) is 1. The summed E-state index contributed by atoms with van der Waals surface area (Å²) in [5, 5.41) is 5.95. The third-order valence-electron chi connectivity index (χ3n) is 2.32. The lowest BCUT2D eigenvalue weighted by Gasteiger charge is -2.15. The van der Waals surface area contributed by atoms with Gasteiger partial charge in [-0.25, -0.2) is 14.4 Å². The first kappa shape index (κ1) is 12.7. The van der Waals surface area contributed by atoms with E-state index >= 15 is 0 Å². The highest BCUT2D eigenvalue weighted by molar-refractivity contribution is 7.09. The van der Waals surface area contributed by atoms with Crippen LogP contribution in [0.4, 0.5) is 16.2 Å². The quantitative estimate of drug-likeness (QED) is 0.921. The number of hydrogen-bond donors (Lipinski definition) is 1. The standard InChI is InChI=1S/C11H14FN5S/c1-7(10-13-4-5-18-10)15-11-14-6-8(12)9(16-11)17(2)3/h4-7H,1-3H3,(H,14,15,16)/t7-/m1/s1. The monoisotopic (exact) mass is 267 g/mol. The largest absolute Gasteiger partial charge is 0.360 e. The average Bonchev–Trinajstić information content (AvgIpc) is 2.85. The highest BCUT2D eigenvalue weighted by atomic mass is 32.1. The smallest absolute Gasteiger partial charge is 0.225 e. The van der Waals surface area contributed by atoms with Gasteiger partial charge in [-0.05, 0) is 6.92 Å². The summed E-state index contributed by atoms with van der Waals surface area (Å²) in [6, 6.07) is -0.00882. The van der Waals surface area contributed by atoms with Crippen LogP contribution in [0, 0.1) is 5.82 Å². The van der Waals surface area contributed by atoms with E-state index in [-0.39, 0.29) is 11.9 Å². The molecule has 0 saturated heterocycles. The first-order valence-corrected chi connectivity index (χ1v) is 6.31. The van der Waals surface area contributed by atoms with Crippen molar-refractivity contribution in [3.05, 3.63) is 28.6 Å². The van der Waals surface area contributed by atoms with Gasteiger partial charge in [-0.1, -0.05) is 0 Å². The van der Waals surface area contributed by atoms with Crippen LogP contribution in [0.5, 0.6) is 0 Å². The molecule has 0 saturated carbocycles. The van der Waals surface area contributed by atoms with Crippen molar-refractivity contribution >= 4 is 23.1 Å². The van der Waals surface area contributed by atoms with Crippen LogP contribution in [0.2, 0.25) is 0 Å². The second kappa shape index (κ2) is 5.26. The van der Waals surface area contributed by atoms with Gasteiger partial charge in [0.1, 0.15) is 5.01 Å².